The van der Waals surface area contributed by atoms with Gasteiger partial charge in [-0.3, -0.25) is 19.5 Å². The van der Waals surface area contributed by atoms with Gasteiger partial charge >= 0.3 is 0 Å². The number of unbranched alkanes of at least 4 members (excludes halogenated alkanes) is 1. The largest absolute Gasteiger partial charge is 0.507 e. The molecular weight excluding hydrogens is 428 g/mol. The Kier molecular flexibility index (Phi) is 7.07. The van der Waals surface area contributed by atoms with Crippen LogP contribution in [0.15, 0.2) is 78.5 Å². The predicted octanol–water partition coefficient (Wildman–Crippen LogP) is 5.45. The number of Topliss-reactive ketones (excluding diaryl/α,β-unsaturated/α-hetero) is 1. The highest BCUT2D eigenvalue weighted by molar-refractivity contribution is 6.51. The summed E-state index contributed by atoms with van der Waals surface area (Å²) in [6.45, 7) is 4.48. The second-order valence-corrected chi connectivity index (χ2v) is 8.15. The summed E-state index contributed by atoms with van der Waals surface area (Å²) in [5, 5.41) is 11.2. The maximum absolute atomic E-state index is 13.2. The third-order valence-electron chi connectivity index (χ3n) is 5.86. The molecule has 0 radical (unpaired) electrons. The zero-order valence-electron chi connectivity index (χ0n) is 19.4. The number of aromatic nitrogens is 1. The lowest BCUT2D eigenvalue weighted by atomic mass is 9.98. The van der Waals surface area contributed by atoms with E-state index >= 15 is 0 Å². The van der Waals surface area contributed by atoms with Crippen molar-refractivity contribution in [2.45, 2.75) is 39.2 Å². The van der Waals surface area contributed by atoms with Gasteiger partial charge in [-0.1, -0.05) is 43.7 Å². The molecule has 1 atom stereocenters. The Bertz CT molecular complexity index is 1200. The van der Waals surface area contributed by atoms with Gasteiger partial charge in [0.1, 0.15) is 17.6 Å². The molecule has 1 saturated heterocycles. The molecule has 1 amide bonds. The highest BCUT2D eigenvalue weighted by Gasteiger charge is 2.47. The first-order valence-electron chi connectivity index (χ1n) is 11.6. The smallest absolute Gasteiger partial charge is 0.300 e. The molecule has 1 unspecified atom stereocenters. The third kappa shape index (κ3) is 4.57. The Labute approximate surface area is 199 Å². The van der Waals surface area contributed by atoms with Crippen molar-refractivity contribution in [1.29, 1.82) is 0 Å². The van der Waals surface area contributed by atoms with E-state index in [4.69, 9.17) is 4.74 Å². The van der Waals surface area contributed by atoms with Crippen molar-refractivity contribution < 1.29 is 19.4 Å². The highest BCUT2D eigenvalue weighted by Crippen LogP contribution is 2.41. The van der Waals surface area contributed by atoms with Gasteiger partial charge in [-0.25, -0.2) is 0 Å². The van der Waals surface area contributed by atoms with Gasteiger partial charge in [0.25, 0.3) is 11.7 Å². The standard InChI is InChI=1S/C28H28N2O4/c1-3-5-9-19-13-15-21(16-14-19)30-25(23-12-6-7-17-29-23)24(27(32)28(30)33)26(31)20-10-8-11-22(18-20)34-4-2/h6-8,10-18,25,31H,3-5,9H2,1-2H3/b26-24-. The highest BCUT2D eigenvalue weighted by atomic mass is 16.5. The van der Waals surface area contributed by atoms with Crippen LogP contribution >= 0.6 is 0 Å². The molecule has 0 bridgehead atoms. The van der Waals surface area contributed by atoms with Crippen LogP contribution in [0.2, 0.25) is 0 Å². The number of pyridine rings is 1. The summed E-state index contributed by atoms with van der Waals surface area (Å²) in [7, 11) is 0. The first-order chi connectivity index (χ1) is 16.5. The minimum absolute atomic E-state index is 0.00686. The van der Waals surface area contributed by atoms with Crippen molar-refractivity contribution in [3.8, 4) is 5.75 Å². The minimum Gasteiger partial charge on any atom is -0.507 e. The molecule has 2 aromatic carbocycles. The number of hydrogen-bond acceptors (Lipinski definition) is 5. The Hall–Kier alpha value is -3.93. The molecule has 1 aliphatic rings. The summed E-state index contributed by atoms with van der Waals surface area (Å²) in [5.41, 5.74) is 2.66. The number of benzene rings is 2. The zero-order valence-corrected chi connectivity index (χ0v) is 19.4. The lowest BCUT2D eigenvalue weighted by molar-refractivity contribution is -0.132. The van der Waals surface area contributed by atoms with Gasteiger partial charge in [0, 0.05) is 17.4 Å². The van der Waals surface area contributed by atoms with Crippen LogP contribution in [-0.2, 0) is 16.0 Å². The number of ketones is 1. The zero-order chi connectivity index (χ0) is 24.1. The number of carbonyl (C=O) groups excluding carboxylic acids is 2. The molecular formula is C28H28N2O4. The van der Waals surface area contributed by atoms with Crippen LogP contribution in [-0.4, -0.2) is 28.4 Å². The van der Waals surface area contributed by atoms with Crippen molar-refractivity contribution in [3.63, 3.8) is 0 Å². The van der Waals surface area contributed by atoms with E-state index in [1.165, 1.54) is 10.5 Å². The molecule has 6 nitrogen and oxygen atoms in total. The average Bonchev–Trinajstić information content (AvgIpc) is 3.14. The summed E-state index contributed by atoms with van der Waals surface area (Å²) in [6.07, 6.45) is 4.74. The first kappa shape index (κ1) is 23.2. The van der Waals surface area contributed by atoms with E-state index in [-0.39, 0.29) is 11.3 Å². The second kappa shape index (κ2) is 10.3. The number of aliphatic hydroxyl groups excluding tert-OH is 1. The fraction of sp³-hybridized carbons (Fsp3) is 0.250. The molecule has 1 aromatic heterocycles. The number of rotatable bonds is 8. The molecule has 6 heteroatoms. The Morgan fingerprint density at radius 3 is 2.50 bits per heavy atom. The van der Waals surface area contributed by atoms with E-state index in [0.29, 0.717) is 29.3 Å². The molecule has 3 aromatic rings. The van der Waals surface area contributed by atoms with Crippen LogP contribution in [0, 0.1) is 0 Å². The molecule has 1 N–H and O–H groups in total. The van der Waals surface area contributed by atoms with Gasteiger partial charge < -0.3 is 9.84 Å². The topological polar surface area (TPSA) is 79.7 Å². The molecule has 1 fully saturated rings. The van der Waals surface area contributed by atoms with Gasteiger partial charge in [0.2, 0.25) is 0 Å². The maximum Gasteiger partial charge on any atom is 0.300 e. The quantitative estimate of drug-likeness (QED) is 0.277. The lowest BCUT2D eigenvalue weighted by Crippen LogP contribution is -2.29. The number of nitrogens with zero attached hydrogens (tertiary/aromatic N) is 2. The van der Waals surface area contributed by atoms with Crippen LogP contribution in [0.4, 0.5) is 5.69 Å². The van der Waals surface area contributed by atoms with Gasteiger partial charge in [0.15, 0.2) is 0 Å². The number of ether oxygens (including phenoxy) is 1. The number of hydrogen-bond donors (Lipinski definition) is 1. The molecule has 4 rings (SSSR count). The predicted molar refractivity (Wildman–Crippen MR) is 132 cm³/mol. The Morgan fingerprint density at radius 2 is 1.82 bits per heavy atom. The van der Waals surface area contributed by atoms with Crippen molar-refractivity contribution in [1.82, 2.24) is 4.98 Å². The van der Waals surface area contributed by atoms with Crippen molar-refractivity contribution in [2.24, 2.45) is 0 Å². The maximum atomic E-state index is 13.2. The Balaban J connectivity index is 1.82. The minimum atomic E-state index is -0.849. The molecule has 0 aliphatic carbocycles. The molecule has 34 heavy (non-hydrogen) atoms. The molecule has 2 heterocycles. The van der Waals surface area contributed by atoms with E-state index < -0.39 is 17.7 Å². The van der Waals surface area contributed by atoms with E-state index in [1.807, 2.05) is 31.2 Å². The first-order valence-corrected chi connectivity index (χ1v) is 11.6. The summed E-state index contributed by atoms with van der Waals surface area (Å²) in [4.78, 5) is 32.3. The summed E-state index contributed by atoms with van der Waals surface area (Å²) >= 11 is 0. The SMILES string of the molecule is CCCCc1ccc(N2C(=O)C(=O)/C(=C(\O)c3cccc(OCC)c3)C2c2ccccn2)cc1. The van der Waals surface area contributed by atoms with Crippen molar-refractivity contribution in [3.05, 3.63) is 95.3 Å². The normalized spacial score (nSPS) is 17.2. The van der Waals surface area contributed by atoms with Crippen LogP contribution < -0.4 is 9.64 Å². The Morgan fingerprint density at radius 1 is 1.03 bits per heavy atom. The van der Waals surface area contributed by atoms with Gasteiger partial charge in [0.05, 0.1) is 17.9 Å². The number of anilines is 1. The fourth-order valence-corrected chi connectivity index (χ4v) is 4.18. The van der Waals surface area contributed by atoms with Crippen molar-refractivity contribution >= 4 is 23.1 Å². The van der Waals surface area contributed by atoms with Crippen LogP contribution in [0.3, 0.4) is 0 Å². The number of aliphatic hydroxyl groups is 1. The third-order valence-corrected chi connectivity index (χ3v) is 5.86. The fourth-order valence-electron chi connectivity index (χ4n) is 4.18. The van der Waals surface area contributed by atoms with Crippen LogP contribution in [0.5, 0.6) is 5.75 Å². The van der Waals surface area contributed by atoms with Gasteiger partial charge in [-0.15, -0.1) is 0 Å². The molecule has 0 spiro atoms. The summed E-state index contributed by atoms with van der Waals surface area (Å²) < 4.78 is 5.54. The molecule has 174 valence electrons. The number of aryl methyl sites for hydroxylation is 1. The van der Waals surface area contributed by atoms with E-state index in [1.54, 1.807) is 48.7 Å². The van der Waals surface area contributed by atoms with Crippen LogP contribution in [0.25, 0.3) is 5.76 Å². The molecule has 1 aliphatic heterocycles. The number of carbonyl (C=O) groups is 2. The van der Waals surface area contributed by atoms with E-state index in [2.05, 4.69) is 11.9 Å². The van der Waals surface area contributed by atoms with E-state index in [9.17, 15) is 14.7 Å². The van der Waals surface area contributed by atoms with Crippen molar-refractivity contribution in [2.75, 3.05) is 11.5 Å². The lowest BCUT2D eigenvalue weighted by Gasteiger charge is -2.24. The van der Waals surface area contributed by atoms with Crippen LogP contribution in [0.1, 0.15) is 49.6 Å². The molecule has 0 saturated carbocycles. The summed E-state index contributed by atoms with van der Waals surface area (Å²) in [5.74, 6) is -1.13. The summed E-state index contributed by atoms with van der Waals surface area (Å²) in [6, 6.07) is 19.0. The monoisotopic (exact) mass is 456 g/mol. The second-order valence-electron chi connectivity index (χ2n) is 8.15. The van der Waals surface area contributed by atoms with E-state index in [0.717, 1.165) is 19.3 Å². The average molecular weight is 457 g/mol. The van der Waals surface area contributed by atoms with Gasteiger partial charge in [-0.05, 0) is 61.7 Å². The number of amides is 1. The van der Waals surface area contributed by atoms with Gasteiger partial charge in [-0.2, -0.15) is 0 Å².